The summed E-state index contributed by atoms with van der Waals surface area (Å²) in [4.78, 5) is 12.4. The van der Waals surface area contributed by atoms with Gasteiger partial charge in [-0.15, -0.1) is 0 Å². The van der Waals surface area contributed by atoms with Gasteiger partial charge in [-0.25, -0.2) is 4.39 Å². The average Bonchev–Trinajstić information content (AvgIpc) is 3.51. The molecule has 1 aliphatic carbocycles. The van der Waals surface area contributed by atoms with E-state index in [9.17, 15) is 17.6 Å². The van der Waals surface area contributed by atoms with E-state index in [2.05, 4.69) is 17.4 Å². The molecule has 3 rings (SSSR count). The minimum atomic E-state index is -4.23. The van der Waals surface area contributed by atoms with Crippen LogP contribution in [0.15, 0.2) is 48.5 Å². The van der Waals surface area contributed by atoms with Crippen LogP contribution < -0.4 is 9.50 Å². The molecule has 0 aliphatic heterocycles. The Morgan fingerprint density at radius 1 is 1.21 bits per heavy atom. The highest BCUT2D eigenvalue weighted by Gasteiger charge is 2.29. The summed E-state index contributed by atoms with van der Waals surface area (Å²) in [5, 5.41) is 2.76. The van der Waals surface area contributed by atoms with Crippen LogP contribution in [0, 0.1) is 5.82 Å². The smallest absolute Gasteiger partial charge is 0.371 e. The van der Waals surface area contributed by atoms with Crippen molar-refractivity contribution in [2.75, 3.05) is 6.54 Å². The van der Waals surface area contributed by atoms with E-state index >= 15 is 0 Å². The molecule has 0 unspecified atom stereocenters. The quantitative estimate of drug-likeness (QED) is 0.675. The summed E-state index contributed by atoms with van der Waals surface area (Å²) in [5.74, 6) is -0.326. The van der Waals surface area contributed by atoms with Gasteiger partial charge in [0.15, 0.2) is 0 Å². The molecule has 0 radical (unpaired) electrons. The molecule has 1 aliphatic rings. The number of nitrogens with zero attached hydrogens (tertiary/aromatic N) is 1. The molecule has 2 aromatic rings. The van der Waals surface area contributed by atoms with Crippen LogP contribution in [-0.4, -0.2) is 31.2 Å². The lowest BCUT2D eigenvalue weighted by atomic mass is 10.1. The molecule has 1 N–H and O–H groups in total. The molecule has 1 amide bonds. The van der Waals surface area contributed by atoms with Crippen molar-refractivity contribution in [3.05, 3.63) is 65.5 Å². The van der Waals surface area contributed by atoms with Gasteiger partial charge in [0.1, 0.15) is 11.6 Å². The Kier molecular flexibility index (Phi) is 6.54. The third-order valence-electron chi connectivity index (χ3n) is 4.67. The molecule has 8 heteroatoms. The maximum absolute atomic E-state index is 13.0. The zero-order valence-electron chi connectivity index (χ0n) is 16.5. The van der Waals surface area contributed by atoms with Crippen LogP contribution >= 0.6 is 0 Å². The predicted molar refractivity (Wildman–Crippen MR) is 108 cm³/mol. The summed E-state index contributed by atoms with van der Waals surface area (Å²) in [5.41, 5.74) is 2.25. The van der Waals surface area contributed by atoms with E-state index in [1.54, 1.807) is 13.8 Å². The first-order valence-electron chi connectivity index (χ1n) is 9.57. The monoisotopic (exact) mass is 420 g/mol. The van der Waals surface area contributed by atoms with Crippen LogP contribution in [0.5, 0.6) is 5.75 Å². The van der Waals surface area contributed by atoms with Crippen molar-refractivity contribution in [2.45, 2.75) is 45.2 Å². The topological polar surface area (TPSA) is 75.7 Å². The van der Waals surface area contributed by atoms with Crippen LogP contribution in [0.1, 0.15) is 43.7 Å². The molecule has 1 fully saturated rings. The van der Waals surface area contributed by atoms with Gasteiger partial charge >= 0.3 is 10.3 Å². The van der Waals surface area contributed by atoms with Crippen molar-refractivity contribution in [3.8, 4) is 5.75 Å². The lowest BCUT2D eigenvalue weighted by Crippen LogP contribution is -2.45. The van der Waals surface area contributed by atoms with Gasteiger partial charge in [-0.05, 0) is 68.0 Å². The Balaban J connectivity index is 1.60. The highest BCUT2D eigenvalue weighted by Crippen LogP contribution is 2.40. The number of hydrogen-bond donors (Lipinski definition) is 1. The SMILES string of the molecule is CC(C)N(CC(=O)NCc1cccc(C2CC2)c1)S(=O)(=O)Oc1ccc(F)cc1. The average molecular weight is 421 g/mol. The number of hydrogen-bond acceptors (Lipinski definition) is 4. The van der Waals surface area contributed by atoms with Crippen molar-refractivity contribution in [1.29, 1.82) is 0 Å². The molecule has 2 aromatic carbocycles. The Bertz CT molecular complexity index is 957. The summed E-state index contributed by atoms with van der Waals surface area (Å²) in [6.45, 7) is 3.25. The van der Waals surface area contributed by atoms with Gasteiger partial charge in [0.25, 0.3) is 0 Å². The standard InChI is InChI=1S/C21H25FN2O4S/c1-15(2)24(29(26,27)28-20-10-8-19(22)9-11-20)14-21(25)23-13-16-4-3-5-18(12-16)17-6-7-17/h3-5,8-12,15,17H,6-7,13-14H2,1-2H3,(H,23,25). The van der Waals surface area contributed by atoms with Crippen molar-refractivity contribution in [3.63, 3.8) is 0 Å². The van der Waals surface area contributed by atoms with E-state index in [4.69, 9.17) is 4.18 Å². The minimum absolute atomic E-state index is 0.0191. The van der Waals surface area contributed by atoms with Gasteiger partial charge in [0.05, 0.1) is 6.54 Å². The molecule has 0 heterocycles. The molecular formula is C21H25FN2O4S. The molecule has 1 saturated carbocycles. The Morgan fingerprint density at radius 3 is 2.52 bits per heavy atom. The zero-order valence-corrected chi connectivity index (χ0v) is 17.3. The van der Waals surface area contributed by atoms with Crippen LogP contribution in [0.4, 0.5) is 4.39 Å². The van der Waals surface area contributed by atoms with Gasteiger partial charge in [-0.2, -0.15) is 12.7 Å². The minimum Gasteiger partial charge on any atom is -0.371 e. The normalized spacial score (nSPS) is 14.2. The van der Waals surface area contributed by atoms with Crippen molar-refractivity contribution >= 4 is 16.2 Å². The first-order chi connectivity index (χ1) is 13.7. The molecule has 0 saturated heterocycles. The Morgan fingerprint density at radius 2 is 1.90 bits per heavy atom. The maximum Gasteiger partial charge on any atom is 0.385 e. The van der Waals surface area contributed by atoms with E-state index < -0.39 is 28.1 Å². The van der Waals surface area contributed by atoms with Crippen LogP contribution in [0.25, 0.3) is 0 Å². The number of nitrogens with one attached hydrogen (secondary N) is 1. The summed E-state index contributed by atoms with van der Waals surface area (Å²) in [7, 11) is -4.23. The van der Waals surface area contributed by atoms with E-state index in [1.165, 1.54) is 30.5 Å². The third kappa shape index (κ3) is 6.01. The number of carbonyl (C=O) groups excluding carboxylic acids is 1. The van der Waals surface area contributed by atoms with Gasteiger partial charge in [0, 0.05) is 12.6 Å². The Labute approximate surface area is 170 Å². The molecule has 0 aromatic heterocycles. The van der Waals surface area contributed by atoms with E-state index in [1.807, 2.05) is 12.1 Å². The van der Waals surface area contributed by atoms with E-state index in [0.29, 0.717) is 12.5 Å². The molecule has 0 spiro atoms. The lowest BCUT2D eigenvalue weighted by molar-refractivity contribution is -0.121. The fraction of sp³-hybridized carbons (Fsp3) is 0.381. The summed E-state index contributed by atoms with van der Waals surface area (Å²) in [6, 6.07) is 12.2. The molecule has 0 bridgehead atoms. The number of amides is 1. The highest BCUT2D eigenvalue weighted by atomic mass is 32.2. The predicted octanol–water partition coefficient (Wildman–Crippen LogP) is 3.35. The van der Waals surface area contributed by atoms with E-state index in [0.717, 1.165) is 22.0 Å². The van der Waals surface area contributed by atoms with Gasteiger partial charge in [0.2, 0.25) is 5.91 Å². The number of halogens is 1. The number of rotatable bonds is 9. The second kappa shape index (κ2) is 8.92. The number of benzene rings is 2. The largest absolute Gasteiger partial charge is 0.385 e. The first-order valence-corrected chi connectivity index (χ1v) is 10.9. The molecule has 0 atom stereocenters. The summed E-state index contributed by atoms with van der Waals surface area (Å²) in [6.07, 6.45) is 2.40. The molecule has 156 valence electrons. The van der Waals surface area contributed by atoms with E-state index in [-0.39, 0.29) is 12.3 Å². The van der Waals surface area contributed by atoms with Gasteiger partial charge in [-0.3, -0.25) is 4.79 Å². The van der Waals surface area contributed by atoms with Crippen LogP contribution in [0.3, 0.4) is 0 Å². The maximum atomic E-state index is 13.0. The highest BCUT2D eigenvalue weighted by molar-refractivity contribution is 7.84. The van der Waals surface area contributed by atoms with Gasteiger partial charge in [-0.1, -0.05) is 24.3 Å². The van der Waals surface area contributed by atoms with Crippen molar-refractivity contribution in [1.82, 2.24) is 9.62 Å². The summed E-state index contributed by atoms with van der Waals surface area (Å²) >= 11 is 0. The van der Waals surface area contributed by atoms with Crippen LogP contribution in [0.2, 0.25) is 0 Å². The van der Waals surface area contributed by atoms with Crippen molar-refractivity contribution in [2.24, 2.45) is 0 Å². The Hall–Kier alpha value is -2.45. The van der Waals surface area contributed by atoms with Gasteiger partial charge < -0.3 is 9.50 Å². The number of carbonyl (C=O) groups is 1. The fourth-order valence-corrected chi connectivity index (χ4v) is 4.19. The molecule has 29 heavy (non-hydrogen) atoms. The molecule has 6 nitrogen and oxygen atoms in total. The molecular weight excluding hydrogens is 395 g/mol. The van der Waals surface area contributed by atoms with Crippen LogP contribution in [-0.2, 0) is 21.6 Å². The summed E-state index contributed by atoms with van der Waals surface area (Å²) < 4.78 is 44.2. The zero-order chi connectivity index (χ0) is 21.0. The van der Waals surface area contributed by atoms with Crippen molar-refractivity contribution < 1.29 is 21.8 Å². The first kappa shape index (κ1) is 21.3. The fourth-order valence-electron chi connectivity index (χ4n) is 2.95. The third-order valence-corrected chi connectivity index (χ3v) is 6.20. The lowest BCUT2D eigenvalue weighted by Gasteiger charge is -2.24. The second-order valence-corrected chi connectivity index (χ2v) is 8.92. The second-order valence-electron chi connectivity index (χ2n) is 7.43.